The van der Waals surface area contributed by atoms with Crippen LogP contribution >= 0.6 is 23.2 Å². The van der Waals surface area contributed by atoms with E-state index < -0.39 is 0 Å². The molecule has 1 heterocycles. The molecule has 1 fully saturated rings. The van der Waals surface area contributed by atoms with Gasteiger partial charge >= 0.3 is 0 Å². The van der Waals surface area contributed by atoms with Crippen LogP contribution in [0.25, 0.3) is 0 Å². The maximum absolute atomic E-state index is 11.8. The predicted molar refractivity (Wildman–Crippen MR) is 83.1 cm³/mol. The van der Waals surface area contributed by atoms with Gasteiger partial charge in [0.25, 0.3) is 0 Å². The molecule has 0 atom stereocenters. The van der Waals surface area contributed by atoms with E-state index >= 15 is 0 Å². The summed E-state index contributed by atoms with van der Waals surface area (Å²) in [5.41, 5.74) is 1.09. The molecule has 1 aliphatic rings. The number of hydrogen-bond donors (Lipinski definition) is 1. The van der Waals surface area contributed by atoms with Gasteiger partial charge in [-0.3, -0.25) is 9.69 Å². The minimum atomic E-state index is 0.159. The standard InChI is InChI=1S/C15H20Cl2N2O/c1-2-18-15(20)11-5-7-19(8-6-11)10-12-3-4-13(16)9-14(12)17/h3-4,9,11H,2,5-8,10H2,1H3,(H,18,20). The molecular formula is C15H20Cl2N2O. The number of halogens is 2. The van der Waals surface area contributed by atoms with E-state index in [0.29, 0.717) is 16.6 Å². The molecule has 1 aromatic rings. The lowest BCUT2D eigenvalue weighted by Crippen LogP contribution is -2.40. The largest absolute Gasteiger partial charge is 0.356 e. The molecule has 1 aliphatic heterocycles. The Labute approximate surface area is 130 Å². The quantitative estimate of drug-likeness (QED) is 0.924. The Morgan fingerprint density at radius 1 is 1.35 bits per heavy atom. The summed E-state index contributed by atoms with van der Waals surface area (Å²) >= 11 is 12.1. The van der Waals surface area contributed by atoms with Crippen molar-refractivity contribution in [1.82, 2.24) is 10.2 Å². The fourth-order valence-corrected chi connectivity index (χ4v) is 3.03. The van der Waals surface area contributed by atoms with Crippen molar-refractivity contribution in [1.29, 1.82) is 0 Å². The number of amides is 1. The highest BCUT2D eigenvalue weighted by Gasteiger charge is 2.24. The molecule has 110 valence electrons. The zero-order valence-electron chi connectivity index (χ0n) is 11.7. The first-order valence-corrected chi connectivity index (χ1v) is 7.79. The molecule has 0 unspecified atom stereocenters. The Morgan fingerprint density at radius 2 is 2.05 bits per heavy atom. The van der Waals surface area contributed by atoms with Gasteiger partial charge in [-0.15, -0.1) is 0 Å². The second kappa shape index (κ2) is 7.30. The fraction of sp³-hybridized carbons (Fsp3) is 0.533. The van der Waals surface area contributed by atoms with Crippen molar-refractivity contribution < 1.29 is 4.79 Å². The first-order valence-electron chi connectivity index (χ1n) is 7.04. The SMILES string of the molecule is CCNC(=O)C1CCN(Cc2ccc(Cl)cc2Cl)CC1. The highest BCUT2D eigenvalue weighted by molar-refractivity contribution is 6.35. The van der Waals surface area contributed by atoms with Gasteiger partial charge in [0.15, 0.2) is 0 Å². The van der Waals surface area contributed by atoms with Gasteiger partial charge in [-0.1, -0.05) is 29.3 Å². The third-order valence-corrected chi connectivity index (χ3v) is 4.31. The number of benzene rings is 1. The Hall–Kier alpha value is -0.770. The maximum Gasteiger partial charge on any atom is 0.223 e. The first kappa shape index (κ1) is 15.6. The molecule has 0 radical (unpaired) electrons. The van der Waals surface area contributed by atoms with Gasteiger partial charge in [0.2, 0.25) is 5.91 Å². The van der Waals surface area contributed by atoms with E-state index in [2.05, 4.69) is 10.2 Å². The Balaban J connectivity index is 1.86. The van der Waals surface area contributed by atoms with Crippen LogP contribution in [0.5, 0.6) is 0 Å². The van der Waals surface area contributed by atoms with Crippen LogP contribution in [-0.4, -0.2) is 30.4 Å². The highest BCUT2D eigenvalue weighted by atomic mass is 35.5. The lowest BCUT2D eigenvalue weighted by molar-refractivity contribution is -0.126. The van der Waals surface area contributed by atoms with Crippen LogP contribution in [0.15, 0.2) is 18.2 Å². The van der Waals surface area contributed by atoms with E-state index in [1.54, 1.807) is 6.07 Å². The summed E-state index contributed by atoms with van der Waals surface area (Å²) in [4.78, 5) is 14.1. The second-order valence-electron chi connectivity index (χ2n) is 5.18. The number of carbonyl (C=O) groups is 1. The lowest BCUT2D eigenvalue weighted by Gasteiger charge is -2.31. The topological polar surface area (TPSA) is 32.3 Å². The van der Waals surface area contributed by atoms with Gasteiger partial charge in [0.05, 0.1) is 0 Å². The van der Waals surface area contributed by atoms with E-state index in [0.717, 1.165) is 38.0 Å². The summed E-state index contributed by atoms with van der Waals surface area (Å²) < 4.78 is 0. The molecule has 1 N–H and O–H groups in total. The van der Waals surface area contributed by atoms with Crippen molar-refractivity contribution in [3.8, 4) is 0 Å². The fourth-order valence-electron chi connectivity index (χ4n) is 2.56. The van der Waals surface area contributed by atoms with E-state index in [4.69, 9.17) is 23.2 Å². The average molecular weight is 315 g/mol. The van der Waals surface area contributed by atoms with Crippen molar-refractivity contribution in [2.45, 2.75) is 26.3 Å². The molecule has 0 aromatic heterocycles. The van der Waals surface area contributed by atoms with Crippen molar-refractivity contribution >= 4 is 29.1 Å². The molecule has 20 heavy (non-hydrogen) atoms. The summed E-state index contributed by atoms with van der Waals surface area (Å²) in [6.07, 6.45) is 1.83. The third-order valence-electron chi connectivity index (χ3n) is 3.72. The van der Waals surface area contributed by atoms with Crippen LogP contribution < -0.4 is 5.32 Å². The van der Waals surface area contributed by atoms with Gasteiger partial charge in [-0.2, -0.15) is 0 Å². The second-order valence-corrected chi connectivity index (χ2v) is 6.02. The van der Waals surface area contributed by atoms with Crippen molar-refractivity contribution in [3.63, 3.8) is 0 Å². The zero-order valence-corrected chi connectivity index (χ0v) is 13.2. The molecule has 0 saturated carbocycles. The molecule has 1 aromatic carbocycles. The summed E-state index contributed by atoms with van der Waals surface area (Å²) in [5.74, 6) is 0.351. The normalized spacial score (nSPS) is 17.1. The number of likely N-dealkylation sites (tertiary alicyclic amines) is 1. The predicted octanol–water partition coefficient (Wildman–Crippen LogP) is 3.34. The number of nitrogens with one attached hydrogen (secondary N) is 1. The van der Waals surface area contributed by atoms with Gasteiger partial charge in [-0.25, -0.2) is 0 Å². The molecule has 1 saturated heterocycles. The summed E-state index contributed by atoms with van der Waals surface area (Å²) in [6, 6.07) is 5.62. The minimum Gasteiger partial charge on any atom is -0.356 e. The lowest BCUT2D eigenvalue weighted by atomic mass is 9.95. The number of carbonyl (C=O) groups excluding carboxylic acids is 1. The third kappa shape index (κ3) is 4.11. The van der Waals surface area contributed by atoms with Crippen molar-refractivity contribution in [2.24, 2.45) is 5.92 Å². The molecule has 1 amide bonds. The number of hydrogen-bond acceptors (Lipinski definition) is 2. The molecule has 0 bridgehead atoms. The van der Waals surface area contributed by atoms with E-state index in [-0.39, 0.29) is 11.8 Å². The molecule has 5 heteroatoms. The van der Waals surface area contributed by atoms with Crippen LogP contribution in [0.1, 0.15) is 25.3 Å². The highest BCUT2D eigenvalue weighted by Crippen LogP contribution is 2.24. The van der Waals surface area contributed by atoms with Gasteiger partial charge in [0.1, 0.15) is 0 Å². The summed E-state index contributed by atoms with van der Waals surface area (Å²) in [7, 11) is 0. The van der Waals surface area contributed by atoms with Crippen molar-refractivity contribution in [2.75, 3.05) is 19.6 Å². The number of rotatable bonds is 4. The Bertz CT molecular complexity index is 471. The van der Waals surface area contributed by atoms with Gasteiger partial charge < -0.3 is 5.32 Å². The summed E-state index contributed by atoms with van der Waals surface area (Å²) in [5, 5.41) is 4.27. The molecule has 3 nitrogen and oxygen atoms in total. The van der Waals surface area contributed by atoms with Crippen LogP contribution in [0.2, 0.25) is 10.0 Å². The van der Waals surface area contributed by atoms with Crippen LogP contribution in [0, 0.1) is 5.92 Å². The van der Waals surface area contributed by atoms with Crippen LogP contribution in [-0.2, 0) is 11.3 Å². The van der Waals surface area contributed by atoms with Crippen LogP contribution in [0.4, 0.5) is 0 Å². The van der Waals surface area contributed by atoms with E-state index in [1.165, 1.54) is 0 Å². The van der Waals surface area contributed by atoms with Crippen LogP contribution in [0.3, 0.4) is 0 Å². The molecule has 0 aliphatic carbocycles. The van der Waals surface area contributed by atoms with Gasteiger partial charge in [0, 0.05) is 29.1 Å². The smallest absolute Gasteiger partial charge is 0.223 e. The monoisotopic (exact) mass is 314 g/mol. The van der Waals surface area contributed by atoms with E-state index in [1.807, 2.05) is 19.1 Å². The van der Waals surface area contributed by atoms with E-state index in [9.17, 15) is 4.79 Å². The molecule has 2 rings (SSSR count). The molecule has 0 spiro atoms. The van der Waals surface area contributed by atoms with Crippen molar-refractivity contribution in [3.05, 3.63) is 33.8 Å². The minimum absolute atomic E-state index is 0.159. The summed E-state index contributed by atoms with van der Waals surface area (Å²) in [6.45, 7) is 5.34. The Morgan fingerprint density at radius 3 is 2.65 bits per heavy atom. The zero-order chi connectivity index (χ0) is 14.5. The number of piperidine rings is 1. The Kier molecular flexibility index (Phi) is 5.70. The maximum atomic E-state index is 11.8. The average Bonchev–Trinajstić information content (AvgIpc) is 2.43. The molecular weight excluding hydrogens is 295 g/mol. The number of nitrogens with zero attached hydrogens (tertiary/aromatic N) is 1. The van der Waals surface area contributed by atoms with Gasteiger partial charge in [-0.05, 0) is 50.6 Å². The first-order chi connectivity index (χ1) is 9.60.